The smallest absolute Gasteiger partial charge is 0.330 e. The summed E-state index contributed by atoms with van der Waals surface area (Å²) in [5.74, 6) is -0.364. The summed E-state index contributed by atoms with van der Waals surface area (Å²) in [6.07, 6.45) is 9.50. The molecule has 0 atom stereocenters. The van der Waals surface area contributed by atoms with Crippen LogP contribution in [0, 0.1) is 6.92 Å². The third kappa shape index (κ3) is 3.74. The van der Waals surface area contributed by atoms with Crippen molar-refractivity contribution in [1.82, 2.24) is 19.7 Å². The Morgan fingerprint density at radius 3 is 2.70 bits per heavy atom. The van der Waals surface area contributed by atoms with Crippen molar-refractivity contribution < 1.29 is 9.53 Å². The number of aryl methyl sites for hydroxylation is 3. The standard InChI is InChI=1S/C21H24N4O2/c1-5-18-16(8-9-19(26)27-7-3)20(15-10-14(4)11-22-12-15)17-13-23-25(6-2)21(17)24-18/h8-13H,5-7H2,1-4H3/b9-8+. The van der Waals surface area contributed by atoms with Crippen LogP contribution in [0.5, 0.6) is 0 Å². The van der Waals surface area contributed by atoms with Gasteiger partial charge in [-0.2, -0.15) is 5.10 Å². The van der Waals surface area contributed by atoms with Crippen molar-refractivity contribution >= 4 is 23.1 Å². The molecule has 3 rings (SSSR count). The van der Waals surface area contributed by atoms with Gasteiger partial charge in [0.05, 0.1) is 18.5 Å². The minimum Gasteiger partial charge on any atom is -0.463 e. The van der Waals surface area contributed by atoms with E-state index < -0.39 is 0 Å². The van der Waals surface area contributed by atoms with Crippen molar-refractivity contribution in [3.63, 3.8) is 0 Å². The van der Waals surface area contributed by atoms with E-state index >= 15 is 0 Å². The maximum Gasteiger partial charge on any atom is 0.330 e. The number of rotatable bonds is 6. The molecule has 0 amide bonds. The molecule has 3 heterocycles. The molecule has 0 aliphatic heterocycles. The molecular formula is C21H24N4O2. The number of nitrogens with zero attached hydrogens (tertiary/aromatic N) is 4. The summed E-state index contributed by atoms with van der Waals surface area (Å²) in [6, 6.07) is 2.09. The highest BCUT2D eigenvalue weighted by Crippen LogP contribution is 2.34. The van der Waals surface area contributed by atoms with Crippen LogP contribution in [0.1, 0.15) is 37.6 Å². The van der Waals surface area contributed by atoms with Gasteiger partial charge in [0, 0.05) is 47.1 Å². The molecule has 6 heteroatoms. The van der Waals surface area contributed by atoms with Crippen molar-refractivity contribution in [2.24, 2.45) is 0 Å². The Hall–Kier alpha value is -3.02. The van der Waals surface area contributed by atoms with Gasteiger partial charge in [0.1, 0.15) is 0 Å². The lowest BCUT2D eigenvalue weighted by atomic mass is 9.95. The van der Waals surface area contributed by atoms with Crippen LogP contribution >= 0.6 is 0 Å². The topological polar surface area (TPSA) is 69.9 Å². The van der Waals surface area contributed by atoms with Crippen LogP contribution in [0.25, 0.3) is 28.2 Å². The number of carbonyl (C=O) groups is 1. The van der Waals surface area contributed by atoms with Gasteiger partial charge in [-0.25, -0.2) is 14.5 Å². The quantitative estimate of drug-likeness (QED) is 0.489. The number of hydrogen-bond acceptors (Lipinski definition) is 5. The lowest BCUT2D eigenvalue weighted by Gasteiger charge is -2.13. The summed E-state index contributed by atoms with van der Waals surface area (Å²) in [4.78, 5) is 21.1. The zero-order chi connectivity index (χ0) is 19.4. The van der Waals surface area contributed by atoms with E-state index in [9.17, 15) is 4.79 Å². The van der Waals surface area contributed by atoms with Crippen molar-refractivity contribution in [3.05, 3.63) is 47.6 Å². The molecule has 0 N–H and O–H groups in total. The minimum absolute atomic E-state index is 0.346. The fourth-order valence-corrected chi connectivity index (χ4v) is 3.18. The molecule has 3 aromatic rings. The van der Waals surface area contributed by atoms with E-state index in [4.69, 9.17) is 9.72 Å². The van der Waals surface area contributed by atoms with Gasteiger partial charge in [-0.15, -0.1) is 0 Å². The van der Waals surface area contributed by atoms with Crippen LogP contribution in [0.4, 0.5) is 0 Å². The first-order valence-electron chi connectivity index (χ1n) is 9.24. The fraction of sp³-hybridized carbons (Fsp3) is 0.333. The van der Waals surface area contributed by atoms with Crippen LogP contribution in [0.15, 0.2) is 30.7 Å². The number of fused-ring (bicyclic) bond motifs is 1. The summed E-state index contributed by atoms with van der Waals surface area (Å²) in [6.45, 7) is 8.99. The van der Waals surface area contributed by atoms with Crippen molar-refractivity contribution in [2.75, 3.05) is 6.61 Å². The molecule has 0 fully saturated rings. The highest BCUT2D eigenvalue weighted by molar-refractivity contribution is 5.99. The minimum atomic E-state index is -0.364. The van der Waals surface area contributed by atoms with Crippen molar-refractivity contribution in [1.29, 1.82) is 0 Å². The molecule has 0 spiro atoms. The summed E-state index contributed by atoms with van der Waals surface area (Å²) in [5.41, 5.74) is 5.71. The van der Waals surface area contributed by atoms with E-state index in [-0.39, 0.29) is 5.97 Å². The van der Waals surface area contributed by atoms with E-state index in [1.165, 1.54) is 6.08 Å². The van der Waals surface area contributed by atoms with Gasteiger partial charge in [-0.3, -0.25) is 4.98 Å². The molecule has 0 aliphatic rings. The largest absolute Gasteiger partial charge is 0.463 e. The van der Waals surface area contributed by atoms with Crippen LogP contribution in [-0.4, -0.2) is 32.3 Å². The van der Waals surface area contributed by atoms with E-state index in [2.05, 4.69) is 23.1 Å². The van der Waals surface area contributed by atoms with Crippen LogP contribution in [0.3, 0.4) is 0 Å². The average molecular weight is 364 g/mol. The predicted molar refractivity (Wildman–Crippen MR) is 106 cm³/mol. The summed E-state index contributed by atoms with van der Waals surface area (Å²) < 4.78 is 6.92. The van der Waals surface area contributed by atoms with Crippen molar-refractivity contribution in [3.8, 4) is 11.1 Å². The van der Waals surface area contributed by atoms with E-state index in [1.807, 2.05) is 37.1 Å². The van der Waals surface area contributed by atoms with Gasteiger partial charge in [-0.1, -0.05) is 6.92 Å². The van der Waals surface area contributed by atoms with Crippen LogP contribution in [0.2, 0.25) is 0 Å². The number of hydrogen-bond donors (Lipinski definition) is 0. The lowest BCUT2D eigenvalue weighted by molar-refractivity contribution is -0.137. The molecular weight excluding hydrogens is 340 g/mol. The summed E-state index contributed by atoms with van der Waals surface area (Å²) in [5, 5.41) is 5.43. The normalized spacial score (nSPS) is 11.4. The molecule has 140 valence electrons. The van der Waals surface area contributed by atoms with Crippen LogP contribution in [-0.2, 0) is 22.5 Å². The summed E-state index contributed by atoms with van der Waals surface area (Å²) >= 11 is 0. The monoisotopic (exact) mass is 364 g/mol. The number of carbonyl (C=O) groups excluding carboxylic acids is 1. The molecule has 0 saturated carbocycles. The Morgan fingerprint density at radius 1 is 1.22 bits per heavy atom. The van der Waals surface area contributed by atoms with E-state index in [0.717, 1.165) is 51.9 Å². The maximum absolute atomic E-state index is 11.9. The van der Waals surface area contributed by atoms with Gasteiger partial charge in [0.25, 0.3) is 0 Å². The molecule has 0 aromatic carbocycles. The first-order valence-corrected chi connectivity index (χ1v) is 9.24. The molecule has 6 nitrogen and oxygen atoms in total. The molecule has 0 saturated heterocycles. The van der Waals surface area contributed by atoms with Crippen molar-refractivity contribution in [2.45, 2.75) is 40.7 Å². The summed E-state index contributed by atoms with van der Waals surface area (Å²) in [7, 11) is 0. The predicted octanol–water partition coefficient (Wildman–Crippen LogP) is 3.96. The highest BCUT2D eigenvalue weighted by atomic mass is 16.5. The maximum atomic E-state index is 11.9. The molecule has 0 unspecified atom stereocenters. The zero-order valence-electron chi connectivity index (χ0n) is 16.2. The molecule has 0 bridgehead atoms. The second kappa shape index (κ2) is 8.12. The Balaban J connectivity index is 2.31. The number of ether oxygens (including phenoxy) is 1. The Labute approximate surface area is 158 Å². The number of aromatic nitrogens is 4. The van der Waals surface area contributed by atoms with E-state index in [0.29, 0.717) is 6.61 Å². The average Bonchev–Trinajstić information content (AvgIpc) is 3.07. The zero-order valence-corrected chi connectivity index (χ0v) is 16.2. The number of pyridine rings is 2. The van der Waals surface area contributed by atoms with Gasteiger partial charge < -0.3 is 4.74 Å². The second-order valence-electron chi connectivity index (χ2n) is 6.23. The van der Waals surface area contributed by atoms with Gasteiger partial charge in [0.15, 0.2) is 5.65 Å². The first kappa shape index (κ1) is 18.8. The SMILES string of the molecule is CCOC(=O)/C=C/c1c(CC)nc2c(cnn2CC)c1-c1cncc(C)c1. The third-order valence-electron chi connectivity index (χ3n) is 4.37. The Morgan fingerprint density at radius 2 is 2.04 bits per heavy atom. The molecule has 27 heavy (non-hydrogen) atoms. The van der Waals surface area contributed by atoms with E-state index in [1.54, 1.807) is 13.0 Å². The molecule has 0 aliphatic carbocycles. The lowest BCUT2D eigenvalue weighted by Crippen LogP contribution is -2.03. The number of esters is 1. The second-order valence-corrected chi connectivity index (χ2v) is 6.23. The molecule has 3 aromatic heterocycles. The molecule has 0 radical (unpaired) electrons. The van der Waals surface area contributed by atoms with Crippen LogP contribution < -0.4 is 0 Å². The Kier molecular flexibility index (Phi) is 5.64. The van der Waals surface area contributed by atoms with Gasteiger partial charge in [0.2, 0.25) is 0 Å². The third-order valence-corrected chi connectivity index (χ3v) is 4.37. The first-order chi connectivity index (χ1) is 13.1. The Bertz CT molecular complexity index is 1000. The van der Waals surface area contributed by atoms with Gasteiger partial charge >= 0.3 is 5.97 Å². The highest BCUT2D eigenvalue weighted by Gasteiger charge is 2.18. The van der Waals surface area contributed by atoms with Gasteiger partial charge in [-0.05, 0) is 44.9 Å². The fourth-order valence-electron chi connectivity index (χ4n) is 3.18.